The molecule has 0 saturated heterocycles. The van der Waals surface area contributed by atoms with Crippen molar-refractivity contribution in [1.82, 2.24) is 4.98 Å². The summed E-state index contributed by atoms with van der Waals surface area (Å²) >= 11 is 0. The number of aromatic nitrogens is 1. The van der Waals surface area contributed by atoms with E-state index in [1.807, 2.05) is 30.3 Å². The summed E-state index contributed by atoms with van der Waals surface area (Å²) in [5.74, 6) is -1.69. The van der Waals surface area contributed by atoms with Crippen LogP contribution in [0.15, 0.2) is 65.3 Å². The van der Waals surface area contributed by atoms with Crippen molar-refractivity contribution in [2.75, 3.05) is 0 Å². The summed E-state index contributed by atoms with van der Waals surface area (Å²) in [6.07, 6.45) is 3.46. The van der Waals surface area contributed by atoms with Gasteiger partial charge in [-0.15, -0.1) is 0 Å². The van der Waals surface area contributed by atoms with E-state index in [0.29, 0.717) is 5.56 Å². The number of fused-ring (bicyclic) bond motifs is 3. The van der Waals surface area contributed by atoms with Gasteiger partial charge in [-0.05, 0) is 23.1 Å². The van der Waals surface area contributed by atoms with Crippen molar-refractivity contribution in [3.05, 3.63) is 66.5 Å². The van der Waals surface area contributed by atoms with Gasteiger partial charge in [-0.25, -0.2) is 0 Å². The normalized spacial score (nSPS) is 17.5. The summed E-state index contributed by atoms with van der Waals surface area (Å²) < 4.78 is 37.4. The molecule has 0 aliphatic rings. The number of hydrogen-bond donors (Lipinski definition) is 0. The van der Waals surface area contributed by atoms with E-state index in [9.17, 15) is 0 Å². The fraction of sp³-hybridized carbons (Fsp3) is 0.150. The average molecular weight is 291 g/mol. The minimum absolute atomic E-state index is 0.449. The average Bonchev–Trinajstić information content (AvgIpc) is 2.99. The van der Waals surface area contributed by atoms with Crippen molar-refractivity contribution >= 4 is 21.9 Å². The minimum Gasteiger partial charge on any atom is -0.455 e. The van der Waals surface area contributed by atoms with Gasteiger partial charge in [0.1, 0.15) is 11.2 Å². The second-order valence-electron chi connectivity index (χ2n) is 5.36. The molecule has 0 fully saturated rings. The molecule has 2 aromatic heterocycles. The smallest absolute Gasteiger partial charge is 0.143 e. The van der Waals surface area contributed by atoms with Gasteiger partial charge in [-0.3, -0.25) is 4.98 Å². The fourth-order valence-electron chi connectivity index (χ4n) is 2.79. The Morgan fingerprint density at radius 2 is 2.05 bits per heavy atom. The molecule has 2 nitrogen and oxygen atoms in total. The van der Waals surface area contributed by atoms with Gasteiger partial charge in [0.25, 0.3) is 0 Å². The highest BCUT2D eigenvalue weighted by atomic mass is 16.3. The van der Waals surface area contributed by atoms with Crippen LogP contribution in [0.25, 0.3) is 33.1 Å². The lowest BCUT2D eigenvalue weighted by atomic mass is 9.96. The standard InChI is InChI=1S/C20H17NO/c1-13(2)14-5-3-6-15(11-14)16-7-4-8-17-18-12-21-10-9-19(18)22-20(16)17/h3-13H,1-2H3/i1D3,13D. The summed E-state index contributed by atoms with van der Waals surface area (Å²) in [4.78, 5) is 4.16. The molecule has 0 aliphatic carbocycles. The zero-order valence-electron chi connectivity index (χ0n) is 16.1. The van der Waals surface area contributed by atoms with Gasteiger partial charge in [0.05, 0.1) is 0 Å². The number of para-hydroxylation sites is 1. The molecule has 2 heteroatoms. The Morgan fingerprint density at radius 3 is 2.95 bits per heavy atom. The molecule has 0 saturated carbocycles. The van der Waals surface area contributed by atoms with Crippen LogP contribution in [0, 0.1) is 0 Å². The number of pyridine rings is 1. The number of nitrogens with zero attached hydrogens (tertiary/aromatic N) is 1. The molecule has 1 unspecified atom stereocenters. The minimum atomic E-state index is -2.41. The zero-order valence-corrected chi connectivity index (χ0v) is 12.1. The molecule has 2 heterocycles. The Labute approximate surface area is 135 Å². The molecule has 1 atom stereocenters. The van der Waals surface area contributed by atoms with E-state index in [-0.39, 0.29) is 0 Å². The molecule has 22 heavy (non-hydrogen) atoms. The van der Waals surface area contributed by atoms with Gasteiger partial charge in [0.15, 0.2) is 0 Å². The van der Waals surface area contributed by atoms with E-state index < -0.39 is 12.7 Å². The van der Waals surface area contributed by atoms with Crippen LogP contribution in [0.5, 0.6) is 0 Å². The molecule has 4 rings (SSSR count). The van der Waals surface area contributed by atoms with Crippen LogP contribution < -0.4 is 0 Å². The highest BCUT2D eigenvalue weighted by Gasteiger charge is 2.12. The molecule has 0 N–H and O–H groups in total. The second-order valence-corrected chi connectivity index (χ2v) is 5.36. The number of furan rings is 1. The molecule has 108 valence electrons. The highest BCUT2D eigenvalue weighted by Crippen LogP contribution is 2.35. The quantitative estimate of drug-likeness (QED) is 0.468. The van der Waals surface area contributed by atoms with Gasteiger partial charge < -0.3 is 4.42 Å². The van der Waals surface area contributed by atoms with Crippen LogP contribution in [0.1, 0.15) is 30.7 Å². The first-order chi connectivity index (χ1) is 12.3. The largest absolute Gasteiger partial charge is 0.455 e. The lowest BCUT2D eigenvalue weighted by Crippen LogP contribution is -1.88. The summed E-state index contributed by atoms with van der Waals surface area (Å²) in [5, 5.41) is 1.90. The first-order valence-corrected chi connectivity index (χ1v) is 7.15. The third-order valence-corrected chi connectivity index (χ3v) is 3.90. The van der Waals surface area contributed by atoms with Gasteiger partial charge in [0, 0.05) is 34.2 Å². The Bertz CT molecular complexity index is 1110. The molecule has 0 radical (unpaired) electrons. The van der Waals surface area contributed by atoms with E-state index >= 15 is 0 Å². The summed E-state index contributed by atoms with van der Waals surface area (Å²) in [7, 11) is 0. The van der Waals surface area contributed by atoms with Crippen molar-refractivity contribution in [1.29, 1.82) is 0 Å². The Balaban J connectivity index is 1.93. The van der Waals surface area contributed by atoms with E-state index in [4.69, 9.17) is 9.90 Å². The van der Waals surface area contributed by atoms with Crippen LogP contribution in [0.4, 0.5) is 0 Å². The Hall–Kier alpha value is -2.61. The zero-order chi connectivity index (χ0) is 18.5. The lowest BCUT2D eigenvalue weighted by molar-refractivity contribution is 0.669. The van der Waals surface area contributed by atoms with Crippen LogP contribution in [-0.4, -0.2) is 4.98 Å². The summed E-state index contributed by atoms with van der Waals surface area (Å²) in [6, 6.07) is 14.8. The maximum absolute atomic E-state index is 8.33. The van der Waals surface area contributed by atoms with Crippen LogP contribution in [0.3, 0.4) is 0 Å². The van der Waals surface area contributed by atoms with Crippen molar-refractivity contribution in [2.45, 2.75) is 19.7 Å². The summed E-state index contributed by atoms with van der Waals surface area (Å²) in [6.45, 7) is -0.991. The van der Waals surface area contributed by atoms with Crippen LogP contribution in [-0.2, 0) is 0 Å². The molecule has 0 bridgehead atoms. The maximum Gasteiger partial charge on any atom is 0.143 e. The fourth-order valence-corrected chi connectivity index (χ4v) is 2.79. The third kappa shape index (κ3) is 2.00. The van der Waals surface area contributed by atoms with Gasteiger partial charge >= 0.3 is 0 Å². The monoisotopic (exact) mass is 291 g/mol. The maximum atomic E-state index is 8.33. The second kappa shape index (κ2) is 4.99. The SMILES string of the molecule is [2H]C([2H])([2H])C([2H])(C)c1cccc(-c2cccc3c2oc2ccncc23)c1. The van der Waals surface area contributed by atoms with Gasteiger partial charge in [-0.1, -0.05) is 56.2 Å². The third-order valence-electron chi connectivity index (χ3n) is 3.90. The van der Waals surface area contributed by atoms with Crippen molar-refractivity contribution in [2.24, 2.45) is 0 Å². The summed E-state index contributed by atoms with van der Waals surface area (Å²) in [5.41, 5.74) is 3.62. The number of hydrogen-bond acceptors (Lipinski definition) is 2. The predicted molar refractivity (Wildman–Crippen MR) is 91.0 cm³/mol. The van der Waals surface area contributed by atoms with Gasteiger partial charge in [0.2, 0.25) is 0 Å². The highest BCUT2D eigenvalue weighted by molar-refractivity contribution is 6.09. The van der Waals surface area contributed by atoms with Crippen molar-refractivity contribution < 1.29 is 9.90 Å². The van der Waals surface area contributed by atoms with Crippen LogP contribution in [0.2, 0.25) is 0 Å². The van der Waals surface area contributed by atoms with Gasteiger partial charge in [-0.2, -0.15) is 0 Å². The molecular formula is C20H17NO. The number of rotatable bonds is 2. The molecule has 2 aromatic carbocycles. The van der Waals surface area contributed by atoms with E-state index in [1.165, 1.54) is 6.92 Å². The van der Waals surface area contributed by atoms with E-state index in [2.05, 4.69) is 4.98 Å². The van der Waals surface area contributed by atoms with E-state index in [0.717, 1.165) is 33.1 Å². The molecule has 0 aliphatic heterocycles. The Kier molecular flexibility index (Phi) is 2.13. The van der Waals surface area contributed by atoms with E-state index in [1.54, 1.807) is 30.6 Å². The first kappa shape index (κ1) is 9.42. The molecule has 0 spiro atoms. The molecule has 0 amide bonds. The topological polar surface area (TPSA) is 26.0 Å². The molecule has 4 aromatic rings. The molecular weight excluding hydrogens is 270 g/mol. The lowest BCUT2D eigenvalue weighted by Gasteiger charge is -2.08. The predicted octanol–water partition coefficient (Wildman–Crippen LogP) is 5.77. The first-order valence-electron chi connectivity index (χ1n) is 9.15. The number of benzene rings is 2. The Morgan fingerprint density at radius 1 is 1.14 bits per heavy atom. The van der Waals surface area contributed by atoms with Crippen LogP contribution >= 0.6 is 0 Å². The van der Waals surface area contributed by atoms with Crippen molar-refractivity contribution in [3.63, 3.8) is 0 Å². The van der Waals surface area contributed by atoms with Crippen molar-refractivity contribution in [3.8, 4) is 11.1 Å².